The zero-order valence-electron chi connectivity index (χ0n) is 10.4. The Kier molecular flexibility index (Phi) is 5.94. The van der Waals surface area contributed by atoms with E-state index in [1.165, 1.54) is 24.8 Å². The van der Waals surface area contributed by atoms with Gasteiger partial charge in [-0.2, -0.15) is 0 Å². The Hall–Kier alpha value is -1.02. The number of unbranched alkanes of at least 4 members (excludes halogenated alkanes) is 1. The van der Waals surface area contributed by atoms with Gasteiger partial charge in [-0.15, -0.1) is 0 Å². The van der Waals surface area contributed by atoms with Crippen molar-refractivity contribution in [1.29, 1.82) is 0 Å². The van der Waals surface area contributed by atoms with Crippen molar-refractivity contribution >= 4 is 0 Å². The molecule has 0 aliphatic heterocycles. The summed E-state index contributed by atoms with van der Waals surface area (Å²) in [7, 11) is 1.70. The molecule has 0 amide bonds. The lowest BCUT2D eigenvalue weighted by Gasteiger charge is -2.14. The molecule has 0 bridgehead atoms. The maximum atomic E-state index is 5.80. The second kappa shape index (κ2) is 7.29. The van der Waals surface area contributed by atoms with Crippen LogP contribution in [0.2, 0.25) is 0 Å². The molecule has 0 radical (unpaired) electrons. The highest BCUT2D eigenvalue weighted by Crippen LogP contribution is 2.18. The minimum atomic E-state index is 0.604. The van der Waals surface area contributed by atoms with Gasteiger partial charge in [0, 0.05) is 0 Å². The highest BCUT2D eigenvalue weighted by Gasteiger charge is 2.07. The Morgan fingerprint density at radius 2 is 2.19 bits per heavy atom. The van der Waals surface area contributed by atoms with Crippen LogP contribution in [0.4, 0.5) is 0 Å². The van der Waals surface area contributed by atoms with E-state index in [4.69, 9.17) is 10.5 Å². The largest absolute Gasteiger partial charge is 0.497 e. The molecular weight excluding hydrogens is 198 g/mol. The predicted molar refractivity (Wildman–Crippen MR) is 68.8 cm³/mol. The number of methoxy groups -OCH3 is 1. The van der Waals surface area contributed by atoms with Crippen LogP contribution in [0, 0.1) is 5.92 Å². The molecule has 0 heterocycles. The normalized spacial score (nSPS) is 12.4. The lowest BCUT2D eigenvalue weighted by Crippen LogP contribution is -2.16. The van der Waals surface area contributed by atoms with E-state index in [2.05, 4.69) is 19.1 Å². The molecule has 2 N–H and O–H groups in total. The zero-order chi connectivity index (χ0) is 11.8. The van der Waals surface area contributed by atoms with Crippen LogP contribution in [0.25, 0.3) is 0 Å². The third-order valence-corrected chi connectivity index (χ3v) is 2.96. The van der Waals surface area contributed by atoms with Crippen LogP contribution in [0.3, 0.4) is 0 Å². The number of benzene rings is 1. The molecule has 1 rings (SSSR count). The molecule has 0 aliphatic carbocycles. The van der Waals surface area contributed by atoms with Crippen LogP contribution in [-0.4, -0.2) is 13.7 Å². The van der Waals surface area contributed by atoms with Crippen molar-refractivity contribution in [2.45, 2.75) is 32.6 Å². The van der Waals surface area contributed by atoms with Gasteiger partial charge < -0.3 is 10.5 Å². The first-order valence-corrected chi connectivity index (χ1v) is 6.13. The van der Waals surface area contributed by atoms with E-state index in [-0.39, 0.29) is 0 Å². The fraction of sp³-hybridized carbons (Fsp3) is 0.571. The van der Waals surface area contributed by atoms with Gasteiger partial charge in [-0.25, -0.2) is 0 Å². The number of hydrogen-bond donors (Lipinski definition) is 1. The van der Waals surface area contributed by atoms with Gasteiger partial charge in [-0.1, -0.05) is 31.9 Å². The summed E-state index contributed by atoms with van der Waals surface area (Å²) in [6.45, 7) is 3.00. The zero-order valence-corrected chi connectivity index (χ0v) is 10.4. The van der Waals surface area contributed by atoms with Gasteiger partial charge in [-0.05, 0) is 43.0 Å². The summed E-state index contributed by atoms with van der Waals surface area (Å²) in [5.41, 5.74) is 7.13. The first kappa shape index (κ1) is 13.0. The molecule has 90 valence electrons. The molecule has 0 aliphatic rings. The molecule has 0 saturated heterocycles. The fourth-order valence-electron chi connectivity index (χ4n) is 1.93. The molecule has 2 heteroatoms. The smallest absolute Gasteiger partial charge is 0.119 e. The van der Waals surface area contributed by atoms with Gasteiger partial charge in [0.05, 0.1) is 7.11 Å². The quantitative estimate of drug-likeness (QED) is 0.768. The van der Waals surface area contributed by atoms with Crippen molar-refractivity contribution in [1.82, 2.24) is 0 Å². The van der Waals surface area contributed by atoms with Crippen molar-refractivity contribution in [3.8, 4) is 5.75 Å². The maximum absolute atomic E-state index is 5.80. The molecule has 1 unspecified atom stereocenters. The first-order valence-electron chi connectivity index (χ1n) is 6.13. The first-order chi connectivity index (χ1) is 7.80. The predicted octanol–water partition coefficient (Wildman–Crippen LogP) is 3.00. The molecule has 1 atom stereocenters. The summed E-state index contributed by atoms with van der Waals surface area (Å²) in [6, 6.07) is 8.28. The fourth-order valence-corrected chi connectivity index (χ4v) is 1.93. The summed E-state index contributed by atoms with van der Waals surface area (Å²) < 4.78 is 5.22. The summed E-state index contributed by atoms with van der Waals surface area (Å²) in [4.78, 5) is 0. The van der Waals surface area contributed by atoms with E-state index < -0.39 is 0 Å². The molecule has 0 fully saturated rings. The monoisotopic (exact) mass is 221 g/mol. The van der Waals surface area contributed by atoms with Crippen molar-refractivity contribution in [3.05, 3.63) is 29.8 Å². The van der Waals surface area contributed by atoms with Crippen LogP contribution in [0.1, 0.15) is 31.7 Å². The average molecular weight is 221 g/mol. The molecule has 0 aromatic heterocycles. The van der Waals surface area contributed by atoms with E-state index >= 15 is 0 Å². The lowest BCUT2D eigenvalue weighted by atomic mass is 9.94. The van der Waals surface area contributed by atoms with E-state index in [9.17, 15) is 0 Å². The van der Waals surface area contributed by atoms with Gasteiger partial charge in [0.15, 0.2) is 0 Å². The van der Waals surface area contributed by atoms with Gasteiger partial charge in [0.25, 0.3) is 0 Å². The minimum absolute atomic E-state index is 0.604. The molecule has 2 nitrogen and oxygen atoms in total. The van der Waals surface area contributed by atoms with Gasteiger partial charge in [-0.3, -0.25) is 0 Å². The van der Waals surface area contributed by atoms with E-state index in [0.717, 1.165) is 18.7 Å². The van der Waals surface area contributed by atoms with E-state index in [1.54, 1.807) is 7.11 Å². The Labute approximate surface area is 98.8 Å². The number of nitrogens with two attached hydrogens (primary N) is 1. The van der Waals surface area contributed by atoms with Crippen LogP contribution < -0.4 is 10.5 Å². The van der Waals surface area contributed by atoms with Crippen LogP contribution in [0.5, 0.6) is 5.75 Å². The lowest BCUT2D eigenvalue weighted by molar-refractivity contribution is 0.413. The van der Waals surface area contributed by atoms with Gasteiger partial charge >= 0.3 is 0 Å². The van der Waals surface area contributed by atoms with E-state index in [1.807, 2.05) is 12.1 Å². The summed E-state index contributed by atoms with van der Waals surface area (Å²) in [6.07, 6.45) is 4.80. The highest BCUT2D eigenvalue weighted by molar-refractivity contribution is 5.28. The van der Waals surface area contributed by atoms with Crippen LogP contribution in [-0.2, 0) is 6.42 Å². The van der Waals surface area contributed by atoms with E-state index in [0.29, 0.717) is 5.92 Å². The van der Waals surface area contributed by atoms with Crippen molar-refractivity contribution in [3.63, 3.8) is 0 Å². The number of rotatable bonds is 7. The summed E-state index contributed by atoms with van der Waals surface area (Å²) in [5.74, 6) is 1.54. The maximum Gasteiger partial charge on any atom is 0.119 e. The standard InChI is InChI=1S/C14H23NO/c1-3-4-6-13(11-15)9-12-7-5-8-14(10-12)16-2/h5,7-8,10,13H,3-4,6,9,11,15H2,1-2H3. The topological polar surface area (TPSA) is 35.2 Å². The van der Waals surface area contributed by atoms with Crippen molar-refractivity contribution in [2.75, 3.05) is 13.7 Å². The molecule has 0 saturated carbocycles. The average Bonchev–Trinajstić information content (AvgIpc) is 2.34. The summed E-state index contributed by atoms with van der Waals surface area (Å²) >= 11 is 0. The Morgan fingerprint density at radius 1 is 1.38 bits per heavy atom. The van der Waals surface area contributed by atoms with Crippen LogP contribution in [0.15, 0.2) is 24.3 Å². The highest BCUT2D eigenvalue weighted by atomic mass is 16.5. The third kappa shape index (κ3) is 4.23. The molecule has 1 aromatic rings. The second-order valence-electron chi connectivity index (χ2n) is 4.30. The molecule has 1 aromatic carbocycles. The number of hydrogen-bond acceptors (Lipinski definition) is 2. The van der Waals surface area contributed by atoms with Gasteiger partial charge in [0.1, 0.15) is 5.75 Å². The van der Waals surface area contributed by atoms with Gasteiger partial charge in [0.2, 0.25) is 0 Å². The van der Waals surface area contributed by atoms with Crippen molar-refractivity contribution < 1.29 is 4.74 Å². The molecule has 16 heavy (non-hydrogen) atoms. The Morgan fingerprint density at radius 3 is 2.81 bits per heavy atom. The minimum Gasteiger partial charge on any atom is -0.497 e. The second-order valence-corrected chi connectivity index (χ2v) is 4.30. The SMILES string of the molecule is CCCCC(CN)Cc1cccc(OC)c1. The number of ether oxygens (including phenoxy) is 1. The van der Waals surface area contributed by atoms with Crippen LogP contribution >= 0.6 is 0 Å². The summed E-state index contributed by atoms with van der Waals surface area (Å²) in [5, 5.41) is 0. The van der Waals surface area contributed by atoms with Crippen molar-refractivity contribution in [2.24, 2.45) is 11.7 Å². The third-order valence-electron chi connectivity index (χ3n) is 2.96. The molecular formula is C14H23NO. The Balaban J connectivity index is 2.55. The Bertz CT molecular complexity index is 299. The molecule has 0 spiro atoms.